The van der Waals surface area contributed by atoms with E-state index in [1.54, 1.807) is 19.6 Å². The topological polar surface area (TPSA) is 95.1 Å². The predicted octanol–water partition coefficient (Wildman–Crippen LogP) is 4.24. The first kappa shape index (κ1) is 29.0. The van der Waals surface area contributed by atoms with E-state index in [4.69, 9.17) is 21.1 Å². The summed E-state index contributed by atoms with van der Waals surface area (Å²) in [5, 5.41) is 6.89. The predicted molar refractivity (Wildman–Crippen MR) is 171 cm³/mol. The van der Waals surface area contributed by atoms with Gasteiger partial charge in [0.15, 0.2) is 5.82 Å². The Balaban J connectivity index is 1.20. The van der Waals surface area contributed by atoms with Crippen LogP contribution in [0.5, 0.6) is 11.5 Å². The van der Waals surface area contributed by atoms with Gasteiger partial charge in [0.2, 0.25) is 5.95 Å². The summed E-state index contributed by atoms with van der Waals surface area (Å²) in [5.41, 5.74) is 2.45. The fourth-order valence-electron chi connectivity index (χ4n) is 6.18. The van der Waals surface area contributed by atoms with Gasteiger partial charge < -0.3 is 29.9 Å². The van der Waals surface area contributed by atoms with E-state index in [0.29, 0.717) is 52.6 Å². The minimum absolute atomic E-state index is 0.343. The van der Waals surface area contributed by atoms with Crippen molar-refractivity contribution in [2.45, 2.75) is 29.8 Å². The number of benzene rings is 2. The van der Waals surface area contributed by atoms with Crippen LogP contribution in [0.2, 0.25) is 5.02 Å². The number of aromatic nitrogens is 2. The van der Waals surface area contributed by atoms with Crippen LogP contribution in [0.25, 0.3) is 0 Å². The van der Waals surface area contributed by atoms with Gasteiger partial charge in [0.05, 0.1) is 36.4 Å². The number of ether oxygens (including phenoxy) is 2. The Morgan fingerprint density at radius 2 is 1.83 bits per heavy atom. The van der Waals surface area contributed by atoms with E-state index in [2.05, 4.69) is 42.3 Å². The van der Waals surface area contributed by atoms with Gasteiger partial charge in [0, 0.05) is 55.8 Å². The number of piperidine rings is 1. The summed E-state index contributed by atoms with van der Waals surface area (Å²) in [4.78, 5) is 17.3. The molecule has 2 N–H and O–H groups in total. The number of para-hydroxylation sites is 1. The van der Waals surface area contributed by atoms with E-state index in [9.17, 15) is 4.21 Å². The zero-order valence-electron chi connectivity index (χ0n) is 24.6. The number of fused-ring (bicyclic) bond motifs is 3. The summed E-state index contributed by atoms with van der Waals surface area (Å²) < 4.78 is 25.0. The molecule has 1 aromatic heterocycles. The maximum Gasteiger partial charge on any atom is 0.229 e. The molecule has 2 atom stereocenters. The third-order valence-electron chi connectivity index (χ3n) is 8.49. The minimum Gasteiger partial charge on any atom is -0.494 e. The number of hydrogen-bond donors (Lipinski definition) is 3. The van der Waals surface area contributed by atoms with Crippen LogP contribution in [0.15, 0.2) is 47.5 Å². The van der Waals surface area contributed by atoms with Gasteiger partial charge in [-0.1, -0.05) is 33.7 Å². The molecule has 0 radical (unpaired) electrons. The molecule has 6 rings (SSSR count). The summed E-state index contributed by atoms with van der Waals surface area (Å²) >= 11 is 6.46. The average Bonchev–Trinajstić information content (AvgIpc) is 2.98. The van der Waals surface area contributed by atoms with Crippen molar-refractivity contribution in [3.05, 3.63) is 47.6 Å². The maximum atomic E-state index is 12.8. The molecule has 3 aliphatic heterocycles. The molecule has 3 aromatic rings. The summed E-state index contributed by atoms with van der Waals surface area (Å²) in [6.07, 6.45) is 7.27. The molecule has 0 spiro atoms. The molecule has 4 heterocycles. The first-order chi connectivity index (χ1) is 20.2. The maximum absolute atomic E-state index is 12.8. The molecule has 226 valence electrons. The number of halogens is 1. The van der Waals surface area contributed by atoms with Gasteiger partial charge in [-0.15, -0.1) is 0 Å². The Kier molecular flexibility index (Phi) is 8.19. The third kappa shape index (κ3) is 6.01. The zero-order valence-corrected chi connectivity index (χ0v) is 26.3. The summed E-state index contributed by atoms with van der Waals surface area (Å²) in [6, 6.07) is 12.4. The lowest BCUT2D eigenvalue weighted by atomic mass is 9.93. The quantitative estimate of drug-likeness (QED) is 0.336. The van der Waals surface area contributed by atoms with E-state index >= 15 is 0 Å². The number of piperazine rings is 1. The van der Waals surface area contributed by atoms with Crippen molar-refractivity contribution in [1.29, 1.82) is 0 Å². The van der Waals surface area contributed by atoms with Crippen LogP contribution in [0.4, 0.5) is 28.8 Å². The van der Waals surface area contributed by atoms with Gasteiger partial charge in [-0.2, -0.15) is 4.98 Å². The lowest BCUT2D eigenvalue weighted by Gasteiger charge is -2.48. The molecule has 0 aliphatic carbocycles. The summed E-state index contributed by atoms with van der Waals surface area (Å²) in [7, 11) is 1.34. The molecule has 0 amide bonds. The molecule has 3 aliphatic rings. The van der Waals surface area contributed by atoms with Gasteiger partial charge in [-0.25, -0.2) is 4.98 Å². The van der Waals surface area contributed by atoms with Crippen molar-refractivity contribution in [3.63, 3.8) is 0 Å². The SMILES string of the molecule is COc1cc2c(cc1Nc1ncc(Cl)c(Nc3ccccc3[SH](C)(C)=O)n1)OCC1CC(N3CCN(C)CC3)CCN21. The molecule has 10 nitrogen and oxygen atoms in total. The minimum atomic E-state index is -2.52. The zero-order chi connectivity index (χ0) is 29.4. The van der Waals surface area contributed by atoms with Gasteiger partial charge >= 0.3 is 0 Å². The highest BCUT2D eigenvalue weighted by Gasteiger charge is 2.37. The van der Waals surface area contributed by atoms with Crippen LogP contribution < -0.4 is 25.0 Å². The van der Waals surface area contributed by atoms with Crippen LogP contribution in [0, 0.1) is 0 Å². The van der Waals surface area contributed by atoms with Crippen molar-refractivity contribution in [2.75, 3.05) is 81.5 Å². The van der Waals surface area contributed by atoms with Crippen molar-refractivity contribution < 1.29 is 13.7 Å². The standard InChI is InChI=1S/C30H40ClN7O3S/c1-36-11-13-37(14-12-36)20-9-10-38-21(15-20)19-41-27-16-24(26(40-2)17-25(27)38)34-30-32-18-22(31)29(35-30)33-23-7-5-6-8-28(23)42(3,4)39/h5-8,16-18,20-21,42H,9-15,19H2,1-4H3,(H2,32,33,34,35). The molecule has 42 heavy (non-hydrogen) atoms. The second kappa shape index (κ2) is 11.9. The lowest BCUT2D eigenvalue weighted by Crippen LogP contribution is -2.57. The molecule has 2 saturated heterocycles. The molecule has 0 saturated carbocycles. The van der Waals surface area contributed by atoms with E-state index in [1.165, 1.54) is 6.20 Å². The highest BCUT2D eigenvalue weighted by Crippen LogP contribution is 2.44. The number of likely N-dealkylation sites (N-methyl/N-ethyl adjacent to an activating group) is 1. The smallest absolute Gasteiger partial charge is 0.229 e. The number of rotatable bonds is 7. The number of nitrogens with zero attached hydrogens (tertiary/aromatic N) is 5. The summed E-state index contributed by atoms with van der Waals surface area (Å²) in [6.45, 7) is 6.21. The van der Waals surface area contributed by atoms with Crippen LogP contribution >= 0.6 is 11.6 Å². The fourth-order valence-corrected chi connectivity index (χ4v) is 7.47. The number of thiol groups is 1. The van der Waals surface area contributed by atoms with E-state index in [0.717, 1.165) is 61.9 Å². The van der Waals surface area contributed by atoms with Crippen LogP contribution in [0.1, 0.15) is 12.8 Å². The van der Waals surface area contributed by atoms with E-state index in [1.807, 2.05) is 36.4 Å². The number of nitrogens with one attached hydrogen (secondary N) is 2. The van der Waals surface area contributed by atoms with Gasteiger partial charge in [0.25, 0.3) is 0 Å². The average molecular weight is 614 g/mol. The molecule has 2 aromatic carbocycles. The first-order valence-corrected chi connectivity index (χ1v) is 17.4. The molecular weight excluding hydrogens is 574 g/mol. The van der Waals surface area contributed by atoms with Crippen molar-refractivity contribution in [3.8, 4) is 11.5 Å². The van der Waals surface area contributed by atoms with Crippen LogP contribution in [-0.2, 0) is 9.93 Å². The first-order valence-electron chi connectivity index (χ1n) is 14.4. The van der Waals surface area contributed by atoms with E-state index < -0.39 is 9.93 Å². The molecular formula is C30H40ClN7O3S. The third-order valence-corrected chi connectivity index (χ3v) is 10.3. The largest absolute Gasteiger partial charge is 0.494 e. The Hall–Kier alpha value is -3.12. The number of anilines is 5. The molecule has 0 bridgehead atoms. The molecule has 2 fully saturated rings. The van der Waals surface area contributed by atoms with Gasteiger partial charge in [0.1, 0.15) is 23.1 Å². The monoisotopic (exact) mass is 613 g/mol. The van der Waals surface area contributed by atoms with Crippen molar-refractivity contribution in [2.24, 2.45) is 0 Å². The van der Waals surface area contributed by atoms with Gasteiger partial charge in [-0.05, 0) is 44.5 Å². The van der Waals surface area contributed by atoms with Crippen molar-refractivity contribution in [1.82, 2.24) is 19.8 Å². The molecule has 2 unspecified atom stereocenters. The fraction of sp³-hybridized carbons (Fsp3) is 0.467. The Labute approximate surface area is 253 Å². The second-order valence-corrected chi connectivity index (χ2v) is 15.3. The number of hydrogen-bond acceptors (Lipinski definition) is 10. The Bertz CT molecular complexity index is 1490. The number of methoxy groups -OCH3 is 1. The second-order valence-electron chi connectivity index (χ2n) is 11.7. The highest BCUT2D eigenvalue weighted by molar-refractivity contribution is 8.01. The highest BCUT2D eigenvalue weighted by atomic mass is 35.5. The van der Waals surface area contributed by atoms with E-state index in [-0.39, 0.29) is 0 Å². The summed E-state index contributed by atoms with van der Waals surface area (Å²) in [5.74, 6) is 2.25. The normalized spacial score (nSPS) is 21.6. The van der Waals surface area contributed by atoms with Crippen molar-refractivity contribution >= 4 is 50.4 Å². The Morgan fingerprint density at radius 3 is 2.60 bits per heavy atom. The molecule has 12 heteroatoms. The lowest BCUT2D eigenvalue weighted by molar-refractivity contribution is 0.0822. The van der Waals surface area contributed by atoms with Crippen LogP contribution in [-0.4, -0.2) is 102 Å². The van der Waals surface area contributed by atoms with Gasteiger partial charge in [-0.3, -0.25) is 9.11 Å². The van der Waals surface area contributed by atoms with Crippen LogP contribution in [0.3, 0.4) is 0 Å². The Morgan fingerprint density at radius 1 is 1.05 bits per heavy atom.